The lowest BCUT2D eigenvalue weighted by molar-refractivity contribution is 0.277. The molecule has 0 aliphatic heterocycles. The molecule has 6 N–H and O–H groups in total. The van der Waals surface area contributed by atoms with Crippen LogP contribution in [0.25, 0.3) is 0 Å². The molecule has 2 aromatic carbocycles. The zero-order valence-electron chi connectivity index (χ0n) is 17.9. The third kappa shape index (κ3) is 5.91. The van der Waals surface area contributed by atoms with E-state index in [1.54, 1.807) is 20.4 Å². The second-order valence-corrected chi connectivity index (χ2v) is 7.19. The zero-order valence-corrected chi connectivity index (χ0v) is 17.9. The van der Waals surface area contributed by atoms with Crippen molar-refractivity contribution < 1.29 is 14.2 Å². The Morgan fingerprint density at radius 1 is 0.871 bits per heavy atom. The van der Waals surface area contributed by atoms with Crippen molar-refractivity contribution in [3.05, 3.63) is 59.3 Å². The topological polar surface area (TPSA) is 132 Å². The van der Waals surface area contributed by atoms with E-state index >= 15 is 0 Å². The van der Waals surface area contributed by atoms with Crippen LogP contribution in [0.15, 0.2) is 42.6 Å². The van der Waals surface area contributed by atoms with E-state index in [-0.39, 0.29) is 5.95 Å². The van der Waals surface area contributed by atoms with Gasteiger partial charge in [-0.1, -0.05) is 12.1 Å². The van der Waals surface area contributed by atoms with Gasteiger partial charge in [-0.15, -0.1) is 0 Å². The number of anilines is 3. The van der Waals surface area contributed by atoms with Crippen molar-refractivity contribution in [3.63, 3.8) is 0 Å². The molecular formula is C23H29N5O3. The Bertz CT molecular complexity index is 1010. The number of nitrogen functional groups attached to an aromatic ring is 3. The van der Waals surface area contributed by atoms with Crippen LogP contribution in [0.4, 0.5) is 17.5 Å². The van der Waals surface area contributed by atoms with Crippen LogP contribution < -0.4 is 31.4 Å². The number of hydrogen-bond acceptors (Lipinski definition) is 8. The van der Waals surface area contributed by atoms with Gasteiger partial charge in [0.2, 0.25) is 11.7 Å². The van der Waals surface area contributed by atoms with Crippen LogP contribution in [0.1, 0.15) is 29.5 Å². The summed E-state index contributed by atoms with van der Waals surface area (Å²) in [5.41, 5.74) is 21.1. The maximum absolute atomic E-state index is 6.05. The minimum absolute atomic E-state index is 0.150. The number of benzene rings is 2. The fourth-order valence-corrected chi connectivity index (χ4v) is 3.28. The summed E-state index contributed by atoms with van der Waals surface area (Å²) < 4.78 is 17.1. The molecular weight excluding hydrogens is 394 g/mol. The van der Waals surface area contributed by atoms with Gasteiger partial charge in [0.25, 0.3) is 0 Å². The largest absolute Gasteiger partial charge is 0.493 e. The standard InChI is InChI=1S/C23H29N5O3/c1-29-19-12-16(11-17-14-27-23(26)28-22(17)25)13-20(21(19)30-2)31-10-4-3-5-15-6-8-18(24)9-7-15/h6-9,12-14H,3-5,10-11,24H2,1-2H3,(H4,25,26,27,28). The van der Waals surface area contributed by atoms with E-state index in [9.17, 15) is 0 Å². The third-order valence-electron chi connectivity index (χ3n) is 4.91. The van der Waals surface area contributed by atoms with Gasteiger partial charge < -0.3 is 31.4 Å². The molecule has 164 valence electrons. The molecule has 0 saturated heterocycles. The highest BCUT2D eigenvalue weighted by Gasteiger charge is 2.15. The quantitative estimate of drug-likeness (QED) is 0.334. The molecule has 0 fully saturated rings. The summed E-state index contributed by atoms with van der Waals surface area (Å²) >= 11 is 0. The molecule has 3 rings (SSSR count). The van der Waals surface area contributed by atoms with E-state index in [1.165, 1.54) is 5.56 Å². The van der Waals surface area contributed by atoms with Crippen molar-refractivity contribution >= 4 is 17.5 Å². The van der Waals surface area contributed by atoms with Crippen LogP contribution in [0, 0.1) is 0 Å². The minimum Gasteiger partial charge on any atom is -0.493 e. The Labute approximate surface area is 182 Å². The van der Waals surface area contributed by atoms with Gasteiger partial charge in [0, 0.05) is 23.9 Å². The average molecular weight is 424 g/mol. The van der Waals surface area contributed by atoms with Gasteiger partial charge in [-0.3, -0.25) is 0 Å². The second kappa shape index (κ2) is 10.4. The van der Waals surface area contributed by atoms with Gasteiger partial charge in [-0.05, 0) is 54.7 Å². The fourth-order valence-electron chi connectivity index (χ4n) is 3.28. The van der Waals surface area contributed by atoms with Crippen molar-refractivity contribution in [2.45, 2.75) is 25.7 Å². The number of nitrogens with two attached hydrogens (primary N) is 3. The van der Waals surface area contributed by atoms with E-state index < -0.39 is 0 Å². The lowest BCUT2D eigenvalue weighted by Crippen LogP contribution is -2.05. The van der Waals surface area contributed by atoms with Gasteiger partial charge in [0.1, 0.15) is 5.82 Å². The van der Waals surface area contributed by atoms with Crippen molar-refractivity contribution in [2.24, 2.45) is 0 Å². The molecule has 31 heavy (non-hydrogen) atoms. The smallest absolute Gasteiger partial charge is 0.221 e. The van der Waals surface area contributed by atoms with Crippen LogP contribution >= 0.6 is 0 Å². The van der Waals surface area contributed by atoms with Crippen molar-refractivity contribution in [3.8, 4) is 17.2 Å². The number of aryl methyl sites for hydroxylation is 1. The van der Waals surface area contributed by atoms with E-state index in [0.29, 0.717) is 36.1 Å². The van der Waals surface area contributed by atoms with Crippen LogP contribution in [-0.4, -0.2) is 30.8 Å². The molecule has 1 heterocycles. The monoisotopic (exact) mass is 423 g/mol. The molecule has 0 aliphatic rings. The summed E-state index contributed by atoms with van der Waals surface area (Å²) in [5.74, 6) is 2.28. The minimum atomic E-state index is 0.150. The molecule has 0 amide bonds. The number of nitrogens with zero attached hydrogens (tertiary/aromatic N) is 2. The summed E-state index contributed by atoms with van der Waals surface area (Å²) in [6.45, 7) is 0.561. The highest BCUT2D eigenvalue weighted by atomic mass is 16.5. The molecule has 1 aromatic heterocycles. The van der Waals surface area contributed by atoms with Crippen LogP contribution in [-0.2, 0) is 12.8 Å². The van der Waals surface area contributed by atoms with Gasteiger partial charge in [0.15, 0.2) is 11.5 Å². The Morgan fingerprint density at radius 3 is 2.29 bits per heavy atom. The van der Waals surface area contributed by atoms with Gasteiger partial charge in [0.05, 0.1) is 20.8 Å². The SMILES string of the molecule is COc1cc(Cc2cnc(N)nc2N)cc(OCCCCc2ccc(N)cc2)c1OC. The summed E-state index contributed by atoms with van der Waals surface area (Å²) in [6, 6.07) is 11.8. The van der Waals surface area contributed by atoms with Crippen LogP contribution in [0.5, 0.6) is 17.2 Å². The van der Waals surface area contributed by atoms with Crippen LogP contribution in [0.3, 0.4) is 0 Å². The van der Waals surface area contributed by atoms with Gasteiger partial charge in [-0.25, -0.2) is 4.98 Å². The van der Waals surface area contributed by atoms with E-state index in [0.717, 1.165) is 36.1 Å². The first-order chi connectivity index (χ1) is 15.0. The number of hydrogen-bond donors (Lipinski definition) is 3. The molecule has 0 saturated carbocycles. The number of methoxy groups -OCH3 is 2. The number of aromatic nitrogens is 2. The highest BCUT2D eigenvalue weighted by Crippen LogP contribution is 2.39. The Hall–Kier alpha value is -3.68. The molecule has 0 bridgehead atoms. The lowest BCUT2D eigenvalue weighted by Gasteiger charge is -2.16. The Balaban J connectivity index is 1.66. The molecule has 0 spiro atoms. The molecule has 3 aromatic rings. The third-order valence-corrected chi connectivity index (χ3v) is 4.91. The maximum Gasteiger partial charge on any atom is 0.221 e. The fraction of sp³-hybridized carbons (Fsp3) is 0.304. The Morgan fingerprint density at radius 2 is 1.61 bits per heavy atom. The van der Waals surface area contributed by atoms with E-state index in [4.69, 9.17) is 31.4 Å². The first-order valence-electron chi connectivity index (χ1n) is 10.1. The van der Waals surface area contributed by atoms with Gasteiger partial charge >= 0.3 is 0 Å². The van der Waals surface area contributed by atoms with Crippen molar-refractivity contribution in [1.29, 1.82) is 0 Å². The molecule has 8 heteroatoms. The van der Waals surface area contributed by atoms with Gasteiger partial charge in [-0.2, -0.15) is 4.98 Å². The molecule has 0 atom stereocenters. The first kappa shape index (κ1) is 22.0. The average Bonchev–Trinajstić information content (AvgIpc) is 2.76. The summed E-state index contributed by atoms with van der Waals surface area (Å²) in [7, 11) is 3.19. The first-order valence-corrected chi connectivity index (χ1v) is 10.1. The number of rotatable bonds is 10. The summed E-state index contributed by atoms with van der Waals surface area (Å²) in [4.78, 5) is 8.05. The van der Waals surface area contributed by atoms with E-state index in [1.807, 2.05) is 24.3 Å². The molecule has 0 unspecified atom stereocenters. The predicted molar refractivity (Wildman–Crippen MR) is 122 cm³/mol. The molecule has 8 nitrogen and oxygen atoms in total. The lowest BCUT2D eigenvalue weighted by atomic mass is 10.1. The Kier molecular flexibility index (Phi) is 7.37. The van der Waals surface area contributed by atoms with E-state index in [2.05, 4.69) is 22.1 Å². The number of ether oxygens (including phenoxy) is 3. The number of unbranched alkanes of at least 4 members (excludes halogenated alkanes) is 1. The zero-order chi connectivity index (χ0) is 22.2. The predicted octanol–water partition coefficient (Wildman–Crippen LogP) is 3.23. The summed E-state index contributed by atoms with van der Waals surface area (Å²) in [6.07, 6.45) is 5.02. The van der Waals surface area contributed by atoms with Crippen molar-refractivity contribution in [1.82, 2.24) is 9.97 Å². The highest BCUT2D eigenvalue weighted by molar-refractivity contribution is 5.55. The molecule has 0 radical (unpaired) electrons. The molecule has 0 aliphatic carbocycles. The second-order valence-electron chi connectivity index (χ2n) is 7.19. The van der Waals surface area contributed by atoms with Crippen LogP contribution in [0.2, 0.25) is 0 Å². The summed E-state index contributed by atoms with van der Waals surface area (Å²) in [5, 5.41) is 0. The normalized spacial score (nSPS) is 10.6. The van der Waals surface area contributed by atoms with Crippen molar-refractivity contribution in [2.75, 3.05) is 38.0 Å². The maximum atomic E-state index is 6.05.